The van der Waals surface area contributed by atoms with Crippen LogP contribution in [0.25, 0.3) is 0 Å². The third-order valence-electron chi connectivity index (χ3n) is 1.76. The molecule has 1 aliphatic rings. The Morgan fingerprint density at radius 1 is 1.64 bits per heavy atom. The molecule has 1 saturated heterocycles. The van der Waals surface area contributed by atoms with Crippen molar-refractivity contribution in [3.63, 3.8) is 0 Å². The quantitative estimate of drug-likeness (QED) is 0.508. The van der Waals surface area contributed by atoms with E-state index in [1.54, 1.807) is 6.08 Å². The van der Waals surface area contributed by atoms with Gasteiger partial charge in [-0.3, -0.25) is 4.79 Å². The molecule has 80 valence electrons. The minimum absolute atomic E-state index is 0.0411. The summed E-state index contributed by atoms with van der Waals surface area (Å²) in [5.41, 5.74) is 0. The molecule has 1 rings (SSSR count). The summed E-state index contributed by atoms with van der Waals surface area (Å²) in [7, 11) is 0. The highest BCUT2D eigenvalue weighted by molar-refractivity contribution is 5.65. The van der Waals surface area contributed by atoms with Gasteiger partial charge in [-0.1, -0.05) is 6.08 Å². The average molecular weight is 200 g/mol. The lowest BCUT2D eigenvalue weighted by molar-refractivity contribution is -0.140. The molecule has 0 saturated carbocycles. The van der Waals surface area contributed by atoms with Gasteiger partial charge in [-0.15, -0.1) is 0 Å². The van der Waals surface area contributed by atoms with Crippen molar-refractivity contribution in [3.8, 4) is 0 Å². The third kappa shape index (κ3) is 3.89. The van der Waals surface area contributed by atoms with Gasteiger partial charge in [0.2, 0.25) is 0 Å². The highest BCUT2D eigenvalue weighted by Gasteiger charge is 2.30. The van der Waals surface area contributed by atoms with Gasteiger partial charge in [0.05, 0.1) is 6.61 Å². The highest BCUT2D eigenvalue weighted by Crippen LogP contribution is 2.22. The van der Waals surface area contributed by atoms with Crippen LogP contribution in [0.3, 0.4) is 0 Å². The van der Waals surface area contributed by atoms with Gasteiger partial charge in [0, 0.05) is 6.92 Å². The van der Waals surface area contributed by atoms with Gasteiger partial charge in [0.15, 0.2) is 5.79 Å². The first kappa shape index (κ1) is 11.2. The van der Waals surface area contributed by atoms with Crippen molar-refractivity contribution in [3.05, 3.63) is 12.2 Å². The molecule has 0 aliphatic carbocycles. The molecule has 1 fully saturated rings. The van der Waals surface area contributed by atoms with E-state index in [0.29, 0.717) is 6.61 Å². The molecule has 0 aromatic rings. The second kappa shape index (κ2) is 4.57. The van der Waals surface area contributed by atoms with E-state index in [2.05, 4.69) is 0 Å². The van der Waals surface area contributed by atoms with Gasteiger partial charge in [-0.2, -0.15) is 0 Å². The minimum Gasteiger partial charge on any atom is -0.462 e. The molecule has 1 unspecified atom stereocenters. The molecular formula is C10H16O4. The van der Waals surface area contributed by atoms with E-state index in [9.17, 15) is 4.79 Å². The molecule has 0 aromatic heterocycles. The number of esters is 1. The van der Waals surface area contributed by atoms with E-state index in [-0.39, 0.29) is 18.7 Å². The molecule has 0 radical (unpaired) electrons. The first-order valence-electron chi connectivity index (χ1n) is 4.61. The summed E-state index contributed by atoms with van der Waals surface area (Å²) >= 11 is 0. The molecule has 0 bridgehead atoms. The Kier molecular flexibility index (Phi) is 3.66. The van der Waals surface area contributed by atoms with Crippen molar-refractivity contribution in [2.75, 3.05) is 13.2 Å². The Morgan fingerprint density at radius 2 is 2.36 bits per heavy atom. The largest absolute Gasteiger partial charge is 0.462 e. The van der Waals surface area contributed by atoms with Crippen LogP contribution in [0, 0.1) is 0 Å². The lowest BCUT2D eigenvalue weighted by Crippen LogP contribution is -2.20. The highest BCUT2D eigenvalue weighted by atomic mass is 16.7. The zero-order valence-corrected chi connectivity index (χ0v) is 8.78. The van der Waals surface area contributed by atoms with E-state index in [1.807, 2.05) is 19.9 Å². The van der Waals surface area contributed by atoms with Crippen molar-refractivity contribution >= 4 is 5.97 Å². The van der Waals surface area contributed by atoms with Gasteiger partial charge < -0.3 is 14.2 Å². The van der Waals surface area contributed by atoms with Crippen molar-refractivity contribution in [1.82, 2.24) is 0 Å². The Labute approximate surface area is 83.8 Å². The predicted molar refractivity (Wildman–Crippen MR) is 50.7 cm³/mol. The fourth-order valence-corrected chi connectivity index (χ4v) is 1.18. The summed E-state index contributed by atoms with van der Waals surface area (Å²) in [4.78, 5) is 10.4. The summed E-state index contributed by atoms with van der Waals surface area (Å²) in [5.74, 6) is -0.783. The average Bonchev–Trinajstić information content (AvgIpc) is 2.39. The van der Waals surface area contributed by atoms with Crippen LogP contribution in [0.4, 0.5) is 0 Å². The lowest BCUT2D eigenvalue weighted by Gasteiger charge is -2.15. The topological polar surface area (TPSA) is 44.8 Å². The molecule has 1 heterocycles. The normalized spacial score (nSPS) is 25.5. The van der Waals surface area contributed by atoms with Crippen LogP contribution >= 0.6 is 0 Å². The Hall–Kier alpha value is -0.870. The number of hydrogen-bond donors (Lipinski definition) is 0. The van der Waals surface area contributed by atoms with Crippen LogP contribution in [0.5, 0.6) is 0 Å². The Morgan fingerprint density at radius 3 is 2.86 bits per heavy atom. The molecule has 0 aromatic carbocycles. The molecule has 0 spiro atoms. The van der Waals surface area contributed by atoms with E-state index >= 15 is 0 Å². The van der Waals surface area contributed by atoms with Crippen molar-refractivity contribution in [1.29, 1.82) is 0 Å². The van der Waals surface area contributed by atoms with E-state index in [1.165, 1.54) is 6.92 Å². The van der Waals surface area contributed by atoms with Crippen molar-refractivity contribution in [2.24, 2.45) is 0 Å². The first-order chi connectivity index (χ1) is 6.49. The zero-order chi connectivity index (χ0) is 10.6. The monoisotopic (exact) mass is 200 g/mol. The second-order valence-electron chi connectivity index (χ2n) is 3.60. The number of carbonyl (C=O) groups excluding carboxylic acids is 1. The van der Waals surface area contributed by atoms with Gasteiger partial charge in [-0.25, -0.2) is 0 Å². The number of rotatable bonds is 3. The summed E-state index contributed by atoms with van der Waals surface area (Å²) < 4.78 is 15.6. The molecule has 4 nitrogen and oxygen atoms in total. The Bertz CT molecular complexity index is 232. The number of carbonyl (C=O) groups is 1. The maximum absolute atomic E-state index is 10.4. The maximum atomic E-state index is 10.4. The molecule has 14 heavy (non-hydrogen) atoms. The van der Waals surface area contributed by atoms with E-state index < -0.39 is 5.79 Å². The number of ether oxygens (including phenoxy) is 3. The second-order valence-corrected chi connectivity index (χ2v) is 3.60. The summed E-state index contributed by atoms with van der Waals surface area (Å²) in [6, 6.07) is 0. The van der Waals surface area contributed by atoms with Crippen LogP contribution < -0.4 is 0 Å². The minimum atomic E-state index is -0.504. The van der Waals surface area contributed by atoms with Gasteiger partial charge in [0.25, 0.3) is 0 Å². The molecule has 0 amide bonds. The van der Waals surface area contributed by atoms with Crippen molar-refractivity contribution < 1.29 is 19.0 Å². The SMILES string of the molecule is CC(=O)OC/C=C/C1COC(C)(C)O1. The van der Waals surface area contributed by atoms with Gasteiger partial charge >= 0.3 is 5.97 Å². The summed E-state index contributed by atoms with van der Waals surface area (Å²) in [5, 5.41) is 0. The smallest absolute Gasteiger partial charge is 0.302 e. The maximum Gasteiger partial charge on any atom is 0.302 e. The molecule has 1 atom stereocenters. The lowest BCUT2D eigenvalue weighted by atomic mass is 10.3. The molecule has 1 aliphatic heterocycles. The van der Waals surface area contributed by atoms with Gasteiger partial charge in [-0.05, 0) is 19.9 Å². The van der Waals surface area contributed by atoms with E-state index in [0.717, 1.165) is 0 Å². The predicted octanol–water partition coefficient (Wildman–Crippen LogP) is 1.26. The van der Waals surface area contributed by atoms with Crippen LogP contribution in [0.1, 0.15) is 20.8 Å². The fourth-order valence-electron chi connectivity index (χ4n) is 1.18. The molecule has 0 N–H and O–H groups in total. The first-order valence-corrected chi connectivity index (χ1v) is 4.61. The van der Waals surface area contributed by atoms with E-state index in [4.69, 9.17) is 14.2 Å². The summed E-state index contributed by atoms with van der Waals surface area (Å²) in [6.45, 7) is 5.95. The van der Waals surface area contributed by atoms with Gasteiger partial charge in [0.1, 0.15) is 12.7 Å². The zero-order valence-electron chi connectivity index (χ0n) is 8.78. The molecule has 4 heteroatoms. The van der Waals surface area contributed by atoms with Crippen LogP contribution in [0.2, 0.25) is 0 Å². The number of hydrogen-bond acceptors (Lipinski definition) is 4. The van der Waals surface area contributed by atoms with Crippen LogP contribution in [-0.4, -0.2) is 31.1 Å². The fraction of sp³-hybridized carbons (Fsp3) is 0.700. The van der Waals surface area contributed by atoms with Crippen LogP contribution in [-0.2, 0) is 19.0 Å². The third-order valence-corrected chi connectivity index (χ3v) is 1.76. The Balaban J connectivity index is 2.22. The van der Waals surface area contributed by atoms with Crippen LogP contribution in [0.15, 0.2) is 12.2 Å². The summed E-state index contributed by atoms with van der Waals surface area (Å²) in [6.07, 6.45) is 3.56. The van der Waals surface area contributed by atoms with Crippen molar-refractivity contribution in [2.45, 2.75) is 32.7 Å². The standard InChI is InChI=1S/C10H16O4/c1-8(11)12-6-4-5-9-7-13-10(2,3)14-9/h4-5,9H,6-7H2,1-3H3/b5-4+. The molecular weight excluding hydrogens is 184 g/mol.